The van der Waals surface area contributed by atoms with Crippen molar-refractivity contribution < 1.29 is 9.90 Å². The molecule has 3 nitrogen and oxygen atoms in total. The highest BCUT2D eigenvalue weighted by Crippen LogP contribution is 2.40. The molecular weight excluding hydrogens is 149 g/mol. The van der Waals surface area contributed by atoms with Crippen molar-refractivity contribution in [3.05, 3.63) is 0 Å². The van der Waals surface area contributed by atoms with Gasteiger partial charge in [0.2, 0.25) is 5.91 Å². The number of nitrogens with zero attached hydrogens (tertiary/aromatic N) is 1. The van der Waals surface area contributed by atoms with E-state index >= 15 is 0 Å². The summed E-state index contributed by atoms with van der Waals surface area (Å²) < 4.78 is 1.60. The fourth-order valence-electron chi connectivity index (χ4n) is 1.87. The number of carbonyl (C=O) groups excluding carboxylic acids is 1. The third-order valence-electron chi connectivity index (χ3n) is 2.46. The molecule has 2 rings (SSSR count). The second-order valence-corrected chi connectivity index (χ2v) is 3.60. The minimum Gasteiger partial charge on any atom is -0.391 e. The molecule has 1 N–H and O–H groups in total. The molecule has 1 aliphatic carbocycles. The lowest BCUT2D eigenvalue weighted by Gasteiger charge is -2.25. The zero-order chi connectivity index (χ0) is 7.30. The van der Waals surface area contributed by atoms with Gasteiger partial charge in [-0.2, -0.15) is 0 Å². The van der Waals surface area contributed by atoms with E-state index in [0.29, 0.717) is 6.42 Å². The molecule has 0 radical (unpaired) electrons. The summed E-state index contributed by atoms with van der Waals surface area (Å²) in [5.41, 5.74) is 0. The van der Waals surface area contributed by atoms with Gasteiger partial charge in [0.1, 0.15) is 0 Å². The van der Waals surface area contributed by atoms with Crippen LogP contribution in [0.3, 0.4) is 0 Å². The average Bonchev–Trinajstić information content (AvgIpc) is 2.36. The summed E-state index contributed by atoms with van der Waals surface area (Å²) >= 11 is 0. The minimum atomic E-state index is -0.278. The number of hydrogen-bond donors (Lipinski definition) is 1. The number of aliphatic hydroxyl groups is 1. The molecule has 4 heteroatoms. The van der Waals surface area contributed by atoms with Crippen molar-refractivity contribution in [2.24, 2.45) is 5.92 Å². The van der Waals surface area contributed by atoms with Crippen LogP contribution in [-0.2, 0) is 4.79 Å². The van der Waals surface area contributed by atoms with Crippen molar-refractivity contribution in [2.45, 2.75) is 25.0 Å². The highest BCUT2D eigenvalue weighted by molar-refractivity contribution is 7.14. The van der Waals surface area contributed by atoms with Gasteiger partial charge >= 0.3 is 0 Å². The van der Waals surface area contributed by atoms with Gasteiger partial charge in [-0.1, -0.05) is 0 Å². The molecule has 2 aliphatic rings. The standard InChI is InChI=1S/C6H10NO2P/c8-5-2-3-1-4(5)7(10)6(3)9/h3-5,8H,1-2,10H2/t3-,4+,5?/m0/s1. The fourth-order valence-corrected chi connectivity index (χ4v) is 2.40. The first-order valence-electron chi connectivity index (χ1n) is 3.46. The third-order valence-corrected chi connectivity index (χ3v) is 3.09. The Labute approximate surface area is 61.7 Å². The normalized spacial score (nSPS) is 45.2. The molecule has 1 heterocycles. The molecule has 10 heavy (non-hydrogen) atoms. The summed E-state index contributed by atoms with van der Waals surface area (Å²) in [6, 6.07) is 0.0856. The van der Waals surface area contributed by atoms with Gasteiger partial charge in [0, 0.05) is 5.92 Å². The molecule has 56 valence electrons. The van der Waals surface area contributed by atoms with Crippen molar-refractivity contribution >= 4 is 15.3 Å². The van der Waals surface area contributed by atoms with Gasteiger partial charge in [0.05, 0.1) is 12.1 Å². The Morgan fingerprint density at radius 1 is 1.60 bits per heavy atom. The summed E-state index contributed by atoms with van der Waals surface area (Å²) in [5.74, 6) is 0.290. The number of rotatable bonds is 0. The molecule has 2 fully saturated rings. The Hall–Kier alpha value is -0.140. The molecule has 4 atom stereocenters. The quantitative estimate of drug-likeness (QED) is 0.495. The Morgan fingerprint density at radius 3 is 2.70 bits per heavy atom. The van der Waals surface area contributed by atoms with E-state index in [2.05, 4.69) is 9.39 Å². The number of fused-ring (bicyclic) bond motifs is 2. The number of amides is 1. The van der Waals surface area contributed by atoms with Crippen molar-refractivity contribution in [1.82, 2.24) is 4.67 Å². The van der Waals surface area contributed by atoms with Gasteiger partial charge in [0.15, 0.2) is 0 Å². The first kappa shape index (κ1) is 6.56. The second kappa shape index (κ2) is 1.93. The summed E-state index contributed by atoms with van der Waals surface area (Å²) in [4.78, 5) is 11.1. The van der Waals surface area contributed by atoms with E-state index in [9.17, 15) is 9.90 Å². The largest absolute Gasteiger partial charge is 0.391 e. The van der Waals surface area contributed by atoms with Crippen LogP contribution in [0.4, 0.5) is 0 Å². The molecule has 0 aromatic carbocycles. The Bertz CT molecular complexity index is 181. The Morgan fingerprint density at radius 2 is 2.30 bits per heavy atom. The average molecular weight is 159 g/mol. The highest BCUT2D eigenvalue weighted by atomic mass is 31.0. The van der Waals surface area contributed by atoms with Crippen LogP contribution in [0.5, 0.6) is 0 Å². The molecule has 2 bridgehead atoms. The van der Waals surface area contributed by atoms with Gasteiger partial charge in [-0.25, -0.2) is 0 Å². The number of hydrogen-bond acceptors (Lipinski definition) is 2. The van der Waals surface area contributed by atoms with Crippen LogP contribution in [0.1, 0.15) is 12.8 Å². The van der Waals surface area contributed by atoms with Crippen LogP contribution in [0.15, 0.2) is 0 Å². The summed E-state index contributed by atoms with van der Waals surface area (Å²) in [7, 11) is 2.37. The van der Waals surface area contributed by atoms with Crippen molar-refractivity contribution in [2.75, 3.05) is 0 Å². The van der Waals surface area contributed by atoms with Gasteiger partial charge in [-0.3, -0.25) is 4.79 Å². The van der Waals surface area contributed by atoms with E-state index in [4.69, 9.17) is 0 Å². The predicted octanol–water partition coefficient (Wildman–Crippen LogP) is -0.242. The van der Waals surface area contributed by atoms with Crippen LogP contribution >= 0.6 is 9.39 Å². The van der Waals surface area contributed by atoms with Crippen LogP contribution in [-0.4, -0.2) is 27.8 Å². The lowest BCUT2D eigenvalue weighted by Crippen LogP contribution is -2.37. The molecule has 0 aromatic heterocycles. The van der Waals surface area contributed by atoms with Crippen molar-refractivity contribution in [3.63, 3.8) is 0 Å². The maximum atomic E-state index is 11.1. The lowest BCUT2D eigenvalue weighted by atomic mass is 10.1. The molecule has 1 aliphatic heterocycles. The molecule has 1 amide bonds. The van der Waals surface area contributed by atoms with Gasteiger partial charge in [-0.05, 0) is 22.2 Å². The van der Waals surface area contributed by atoms with Crippen LogP contribution in [0.2, 0.25) is 0 Å². The van der Waals surface area contributed by atoms with Crippen LogP contribution in [0.25, 0.3) is 0 Å². The predicted molar refractivity (Wildman–Crippen MR) is 39.1 cm³/mol. The van der Waals surface area contributed by atoms with Crippen LogP contribution < -0.4 is 0 Å². The van der Waals surface area contributed by atoms with E-state index in [1.165, 1.54) is 0 Å². The Balaban J connectivity index is 2.24. The molecule has 2 unspecified atom stereocenters. The molecule has 1 saturated carbocycles. The maximum Gasteiger partial charge on any atom is 0.229 e. The number of piperidine rings is 1. The monoisotopic (exact) mass is 159 g/mol. The first-order valence-corrected chi connectivity index (χ1v) is 3.97. The zero-order valence-electron chi connectivity index (χ0n) is 5.53. The van der Waals surface area contributed by atoms with Gasteiger partial charge in [0.25, 0.3) is 0 Å². The molecule has 1 saturated heterocycles. The zero-order valence-corrected chi connectivity index (χ0v) is 6.68. The molecule has 0 spiro atoms. The minimum absolute atomic E-state index is 0.0856. The first-order chi connectivity index (χ1) is 4.70. The van der Waals surface area contributed by atoms with E-state index in [1.54, 1.807) is 4.67 Å². The van der Waals surface area contributed by atoms with Gasteiger partial charge < -0.3 is 9.78 Å². The third kappa shape index (κ3) is 0.650. The SMILES string of the molecule is O=C1[C@@H]2CC(O)[C@@H](C2)N1P. The maximum absolute atomic E-state index is 11.1. The fraction of sp³-hybridized carbons (Fsp3) is 0.833. The smallest absolute Gasteiger partial charge is 0.229 e. The van der Waals surface area contributed by atoms with Crippen LogP contribution in [0, 0.1) is 5.92 Å². The highest BCUT2D eigenvalue weighted by Gasteiger charge is 2.48. The lowest BCUT2D eigenvalue weighted by molar-refractivity contribution is -0.131. The topological polar surface area (TPSA) is 40.5 Å². The second-order valence-electron chi connectivity index (χ2n) is 3.05. The van der Waals surface area contributed by atoms with E-state index in [0.717, 1.165) is 6.42 Å². The molecular formula is C6H10NO2P. The summed E-state index contributed by atoms with van der Waals surface area (Å²) in [6.45, 7) is 0. The van der Waals surface area contributed by atoms with E-state index in [1.807, 2.05) is 0 Å². The number of aliphatic hydroxyl groups excluding tert-OH is 1. The van der Waals surface area contributed by atoms with E-state index < -0.39 is 0 Å². The Kier molecular flexibility index (Phi) is 1.26. The summed E-state index contributed by atoms with van der Waals surface area (Å²) in [5, 5.41) is 9.30. The number of carbonyl (C=O) groups is 1. The van der Waals surface area contributed by atoms with Crippen molar-refractivity contribution in [1.29, 1.82) is 0 Å². The van der Waals surface area contributed by atoms with Gasteiger partial charge in [-0.15, -0.1) is 0 Å². The molecule has 0 aromatic rings. The van der Waals surface area contributed by atoms with Crippen molar-refractivity contribution in [3.8, 4) is 0 Å². The summed E-state index contributed by atoms with van der Waals surface area (Å²) in [6.07, 6.45) is 1.25. The van der Waals surface area contributed by atoms with E-state index in [-0.39, 0.29) is 24.0 Å².